The third-order valence-corrected chi connectivity index (χ3v) is 5.19. The maximum Gasteiger partial charge on any atom is 0.209 e. The molecule has 3 N–H and O–H groups in total. The fourth-order valence-corrected chi connectivity index (χ4v) is 4.41. The van der Waals surface area contributed by atoms with Crippen LogP contribution in [-0.2, 0) is 10.0 Å². The lowest BCUT2D eigenvalue weighted by atomic mass is 9.64. The Morgan fingerprint density at radius 2 is 1.83 bits per heavy atom. The van der Waals surface area contributed by atoms with Crippen LogP contribution in [-0.4, -0.2) is 46.3 Å². The van der Waals surface area contributed by atoms with E-state index in [-0.39, 0.29) is 24.0 Å². The molecule has 0 aromatic heterocycles. The van der Waals surface area contributed by atoms with Crippen molar-refractivity contribution in [2.45, 2.75) is 58.9 Å². The monoisotopic (exact) mass is 474 g/mol. The summed E-state index contributed by atoms with van der Waals surface area (Å²) < 4.78 is 25.4. The first-order valence-electron chi connectivity index (χ1n) is 8.40. The van der Waals surface area contributed by atoms with Gasteiger partial charge in [0.2, 0.25) is 10.0 Å². The molecular weight excluding hydrogens is 439 g/mol. The zero-order chi connectivity index (χ0) is 17.7. The third-order valence-electron chi connectivity index (χ3n) is 4.27. The average Bonchev–Trinajstić information content (AvgIpc) is 2.32. The molecule has 24 heavy (non-hydrogen) atoms. The number of nitrogens with zero attached hydrogens (tertiary/aromatic N) is 1. The van der Waals surface area contributed by atoms with Crippen LogP contribution in [0.2, 0.25) is 0 Å². The van der Waals surface area contributed by atoms with Crippen LogP contribution in [0.5, 0.6) is 0 Å². The second kappa shape index (κ2) is 9.56. The summed E-state index contributed by atoms with van der Waals surface area (Å²) in [6.07, 6.45) is 6.27. The zero-order valence-corrected chi connectivity index (χ0v) is 19.0. The number of hydrogen-bond acceptors (Lipinski definition) is 3. The molecule has 0 radical (unpaired) electrons. The topological polar surface area (TPSA) is 82.6 Å². The number of sulfonamides is 1. The predicted octanol–water partition coefficient (Wildman–Crippen LogP) is 2.31. The number of halogens is 1. The van der Waals surface area contributed by atoms with Gasteiger partial charge in [0.05, 0.1) is 6.26 Å². The minimum absolute atomic E-state index is 0. The van der Waals surface area contributed by atoms with E-state index in [1.165, 1.54) is 31.9 Å². The smallest absolute Gasteiger partial charge is 0.209 e. The molecule has 1 fully saturated rings. The molecule has 1 aliphatic carbocycles. The Balaban J connectivity index is 0.00000529. The maximum absolute atomic E-state index is 11.4. The molecule has 0 unspecified atom stereocenters. The number of guanidine groups is 1. The van der Waals surface area contributed by atoms with Crippen LogP contribution in [0.15, 0.2) is 4.99 Å². The molecule has 0 aromatic rings. The number of hydrogen-bond donors (Lipinski definition) is 3. The lowest BCUT2D eigenvalue weighted by Crippen LogP contribution is -2.54. The van der Waals surface area contributed by atoms with E-state index in [0.717, 1.165) is 12.5 Å². The van der Waals surface area contributed by atoms with E-state index in [1.807, 2.05) is 13.8 Å². The third kappa shape index (κ3) is 8.84. The summed E-state index contributed by atoms with van der Waals surface area (Å²) in [6, 6.07) is 0. The van der Waals surface area contributed by atoms with E-state index in [4.69, 9.17) is 0 Å². The lowest BCUT2D eigenvalue weighted by molar-refractivity contribution is 0.104. The van der Waals surface area contributed by atoms with Gasteiger partial charge in [0.15, 0.2) is 5.96 Å². The molecule has 0 atom stereocenters. The molecule has 0 aliphatic heterocycles. The molecule has 0 bridgehead atoms. The van der Waals surface area contributed by atoms with E-state index in [9.17, 15) is 8.42 Å². The Morgan fingerprint density at radius 1 is 1.25 bits per heavy atom. The van der Waals surface area contributed by atoms with Crippen LogP contribution < -0.4 is 15.4 Å². The van der Waals surface area contributed by atoms with Gasteiger partial charge in [0.1, 0.15) is 0 Å². The van der Waals surface area contributed by atoms with Crippen molar-refractivity contribution < 1.29 is 8.42 Å². The molecule has 0 aromatic carbocycles. The first-order valence-corrected chi connectivity index (χ1v) is 10.3. The fraction of sp³-hybridized carbons (Fsp3) is 0.938. The van der Waals surface area contributed by atoms with Crippen molar-refractivity contribution in [1.82, 2.24) is 15.4 Å². The summed E-state index contributed by atoms with van der Waals surface area (Å²) >= 11 is 0. The molecule has 0 saturated heterocycles. The molecule has 1 aliphatic rings. The predicted molar refractivity (Wildman–Crippen MR) is 113 cm³/mol. The minimum Gasteiger partial charge on any atom is -0.356 e. The molecule has 6 nitrogen and oxygen atoms in total. The lowest BCUT2D eigenvalue weighted by Gasteiger charge is -2.43. The second-order valence-corrected chi connectivity index (χ2v) is 9.74. The van der Waals surface area contributed by atoms with Gasteiger partial charge < -0.3 is 10.6 Å². The Hall–Kier alpha value is -0.0900. The molecule has 1 rings (SSSR count). The first kappa shape index (κ1) is 23.9. The highest BCUT2D eigenvalue weighted by molar-refractivity contribution is 14.0. The van der Waals surface area contributed by atoms with Crippen molar-refractivity contribution >= 4 is 40.0 Å². The second-order valence-electron chi connectivity index (χ2n) is 7.99. The van der Waals surface area contributed by atoms with Gasteiger partial charge >= 0.3 is 0 Å². The quantitative estimate of drug-likeness (QED) is 0.287. The van der Waals surface area contributed by atoms with Crippen LogP contribution >= 0.6 is 24.0 Å². The van der Waals surface area contributed by atoms with Crippen molar-refractivity contribution in [2.24, 2.45) is 16.3 Å². The fourth-order valence-electron chi connectivity index (χ4n) is 3.33. The van der Waals surface area contributed by atoms with Crippen LogP contribution in [0.3, 0.4) is 0 Å². The van der Waals surface area contributed by atoms with E-state index in [1.54, 1.807) is 7.05 Å². The summed E-state index contributed by atoms with van der Waals surface area (Å²) in [5.74, 6) is 1.42. The van der Waals surface area contributed by atoms with Crippen molar-refractivity contribution in [1.29, 1.82) is 0 Å². The van der Waals surface area contributed by atoms with Crippen molar-refractivity contribution in [3.8, 4) is 0 Å². The van der Waals surface area contributed by atoms with Gasteiger partial charge in [-0.3, -0.25) is 4.99 Å². The van der Waals surface area contributed by atoms with Gasteiger partial charge in [-0.15, -0.1) is 24.0 Å². The van der Waals surface area contributed by atoms with E-state index in [0.29, 0.717) is 17.9 Å². The highest BCUT2D eigenvalue weighted by atomic mass is 127. The van der Waals surface area contributed by atoms with E-state index < -0.39 is 15.6 Å². The molecule has 8 heteroatoms. The van der Waals surface area contributed by atoms with Crippen LogP contribution in [0, 0.1) is 11.3 Å². The Kier molecular flexibility index (Phi) is 9.53. The van der Waals surface area contributed by atoms with Gasteiger partial charge in [-0.1, -0.05) is 20.3 Å². The van der Waals surface area contributed by atoms with Gasteiger partial charge in [-0.2, -0.15) is 0 Å². The molecule has 144 valence electrons. The van der Waals surface area contributed by atoms with Gasteiger partial charge in [0, 0.05) is 25.7 Å². The van der Waals surface area contributed by atoms with Crippen LogP contribution in [0.4, 0.5) is 0 Å². The summed E-state index contributed by atoms with van der Waals surface area (Å²) in [5, 5.41) is 6.63. The molecule has 1 saturated carbocycles. The Morgan fingerprint density at radius 3 is 2.21 bits per heavy atom. The highest BCUT2D eigenvalue weighted by Gasteiger charge is 2.37. The zero-order valence-electron chi connectivity index (χ0n) is 15.9. The summed E-state index contributed by atoms with van der Waals surface area (Å²) in [5.41, 5.74) is -0.177. The molecule has 0 spiro atoms. The Bertz CT molecular complexity index is 514. The molecular formula is C16H35IN4O2S. The van der Waals surface area contributed by atoms with Crippen molar-refractivity contribution in [2.75, 3.05) is 26.4 Å². The van der Waals surface area contributed by atoms with Crippen LogP contribution in [0.1, 0.15) is 53.4 Å². The normalized spacial score (nSPS) is 17.9. The van der Waals surface area contributed by atoms with E-state index in [2.05, 4.69) is 34.2 Å². The summed E-state index contributed by atoms with van der Waals surface area (Å²) in [4.78, 5) is 4.25. The molecule has 0 heterocycles. The minimum atomic E-state index is -3.23. The highest BCUT2D eigenvalue weighted by Crippen LogP contribution is 2.45. The van der Waals surface area contributed by atoms with Gasteiger partial charge in [-0.05, 0) is 44.4 Å². The van der Waals surface area contributed by atoms with Crippen molar-refractivity contribution in [3.05, 3.63) is 0 Å². The molecule has 0 amide bonds. The Labute approximate surface area is 165 Å². The SMILES string of the molecule is CN=C(NCC1(CC(C)C)CCC1)NCC(C)(C)NS(C)(=O)=O.I. The van der Waals surface area contributed by atoms with Gasteiger partial charge in [0.25, 0.3) is 0 Å². The maximum atomic E-state index is 11.4. The summed E-state index contributed by atoms with van der Waals surface area (Å²) in [7, 11) is -1.49. The number of rotatable bonds is 8. The number of nitrogens with one attached hydrogen (secondary N) is 3. The van der Waals surface area contributed by atoms with Crippen molar-refractivity contribution in [3.63, 3.8) is 0 Å². The first-order chi connectivity index (χ1) is 10.5. The standard InChI is InChI=1S/C16H34N4O2S.HI/c1-13(2)10-16(8-7-9-16)12-19-14(17-5)18-11-15(3,4)20-23(6,21)22;/h13,20H,7-12H2,1-6H3,(H2,17,18,19);1H. The van der Waals surface area contributed by atoms with Gasteiger partial charge in [-0.25, -0.2) is 13.1 Å². The average molecular weight is 474 g/mol. The largest absolute Gasteiger partial charge is 0.356 e. The summed E-state index contributed by atoms with van der Waals surface area (Å²) in [6.45, 7) is 9.63. The van der Waals surface area contributed by atoms with E-state index >= 15 is 0 Å². The van der Waals surface area contributed by atoms with Crippen LogP contribution in [0.25, 0.3) is 0 Å². The number of aliphatic imine (C=N–C) groups is 1.